The highest BCUT2D eigenvalue weighted by molar-refractivity contribution is 6.30. The van der Waals surface area contributed by atoms with Crippen molar-refractivity contribution >= 4 is 35.1 Å². The summed E-state index contributed by atoms with van der Waals surface area (Å²) < 4.78 is 0. The molecule has 1 saturated carbocycles. The summed E-state index contributed by atoms with van der Waals surface area (Å²) in [6.07, 6.45) is 1.79. The predicted octanol–water partition coefficient (Wildman–Crippen LogP) is 6.08. The number of halogens is 2. The van der Waals surface area contributed by atoms with Crippen LogP contribution in [-0.4, -0.2) is 39.1 Å². The van der Waals surface area contributed by atoms with Crippen LogP contribution in [0.3, 0.4) is 0 Å². The Bertz CT molecular complexity index is 1050. The molecule has 1 amide bonds. The molecule has 1 aliphatic carbocycles. The van der Waals surface area contributed by atoms with Crippen LogP contribution in [0.25, 0.3) is 0 Å². The van der Waals surface area contributed by atoms with E-state index in [-0.39, 0.29) is 36.2 Å². The Kier molecular flexibility index (Phi) is 7.28. The number of piperidine rings is 1. The van der Waals surface area contributed by atoms with Gasteiger partial charge in [-0.25, -0.2) is 0 Å². The van der Waals surface area contributed by atoms with Crippen LogP contribution in [0.15, 0.2) is 48.5 Å². The van der Waals surface area contributed by atoms with Crippen molar-refractivity contribution in [2.75, 3.05) is 0 Å². The molecular formula is C27H31Cl2NO4. The van der Waals surface area contributed by atoms with Gasteiger partial charge in [0.25, 0.3) is 0 Å². The zero-order chi connectivity index (χ0) is 24.6. The van der Waals surface area contributed by atoms with Gasteiger partial charge in [0.15, 0.2) is 0 Å². The van der Waals surface area contributed by atoms with Crippen molar-refractivity contribution in [1.82, 2.24) is 4.90 Å². The SMILES string of the molecule is CC[C@@H](O)[C@H](C1CC1)N1C(=O)[C@@](C)(CC(=O)O)C[C@H](c2cccc(Cl)c2)[C@H]1c1ccc(Cl)cc1. The highest BCUT2D eigenvalue weighted by atomic mass is 35.5. The smallest absolute Gasteiger partial charge is 0.304 e. The first-order valence-electron chi connectivity index (χ1n) is 11.9. The number of rotatable bonds is 8. The molecule has 2 aromatic rings. The molecule has 2 N–H and O–H groups in total. The average molecular weight is 504 g/mol. The molecule has 0 bridgehead atoms. The van der Waals surface area contributed by atoms with Crippen molar-refractivity contribution in [3.8, 4) is 0 Å². The molecule has 1 aliphatic heterocycles. The Labute approximate surface area is 210 Å². The fourth-order valence-electron chi connectivity index (χ4n) is 5.61. The van der Waals surface area contributed by atoms with Crippen molar-refractivity contribution in [2.45, 2.75) is 70.1 Å². The molecule has 182 valence electrons. The van der Waals surface area contributed by atoms with Crippen molar-refractivity contribution in [3.05, 3.63) is 69.7 Å². The molecule has 1 saturated heterocycles. The first-order chi connectivity index (χ1) is 16.1. The van der Waals surface area contributed by atoms with Crippen LogP contribution in [0.2, 0.25) is 10.0 Å². The van der Waals surface area contributed by atoms with Gasteiger partial charge in [0.05, 0.1) is 30.0 Å². The number of amides is 1. The summed E-state index contributed by atoms with van der Waals surface area (Å²) in [7, 11) is 0. The fourth-order valence-corrected chi connectivity index (χ4v) is 5.94. The summed E-state index contributed by atoms with van der Waals surface area (Å²) in [5.74, 6) is -1.23. The summed E-state index contributed by atoms with van der Waals surface area (Å²) in [5, 5.41) is 22.0. The number of aliphatic carboxylic acids is 1. The van der Waals surface area contributed by atoms with Crippen molar-refractivity contribution in [2.24, 2.45) is 11.3 Å². The Morgan fingerprint density at radius 3 is 2.35 bits per heavy atom. The number of aliphatic hydroxyl groups excluding tert-OH is 1. The Morgan fingerprint density at radius 1 is 1.12 bits per heavy atom. The van der Waals surface area contributed by atoms with E-state index in [0.29, 0.717) is 22.9 Å². The first-order valence-corrected chi connectivity index (χ1v) is 12.6. The van der Waals surface area contributed by atoms with Crippen LogP contribution in [0.5, 0.6) is 0 Å². The summed E-state index contributed by atoms with van der Waals surface area (Å²) in [6.45, 7) is 3.66. The molecule has 5 atom stereocenters. The van der Waals surface area contributed by atoms with Gasteiger partial charge >= 0.3 is 5.97 Å². The van der Waals surface area contributed by atoms with E-state index in [2.05, 4.69) is 0 Å². The molecule has 34 heavy (non-hydrogen) atoms. The van der Waals surface area contributed by atoms with Gasteiger partial charge in [-0.2, -0.15) is 0 Å². The number of benzene rings is 2. The number of carbonyl (C=O) groups is 2. The largest absolute Gasteiger partial charge is 0.481 e. The van der Waals surface area contributed by atoms with Crippen LogP contribution in [0.4, 0.5) is 0 Å². The zero-order valence-electron chi connectivity index (χ0n) is 19.5. The molecule has 4 rings (SSSR count). The lowest BCUT2D eigenvalue weighted by atomic mass is 9.66. The maximum atomic E-state index is 14.2. The number of aliphatic hydroxyl groups is 1. The Morgan fingerprint density at radius 2 is 1.79 bits per heavy atom. The van der Waals surface area contributed by atoms with Gasteiger partial charge in [-0.15, -0.1) is 0 Å². The lowest BCUT2D eigenvalue weighted by Crippen LogP contribution is -2.59. The number of carboxylic acid groups (broad SMARTS) is 1. The van der Waals surface area contributed by atoms with E-state index in [1.807, 2.05) is 54.3 Å². The van der Waals surface area contributed by atoms with E-state index in [1.165, 1.54) is 0 Å². The van der Waals surface area contributed by atoms with Crippen molar-refractivity contribution in [1.29, 1.82) is 0 Å². The highest BCUT2D eigenvalue weighted by Gasteiger charge is 2.55. The van der Waals surface area contributed by atoms with Crippen LogP contribution in [-0.2, 0) is 9.59 Å². The number of hydrogen-bond donors (Lipinski definition) is 2. The van der Waals surface area contributed by atoms with Crippen molar-refractivity contribution in [3.63, 3.8) is 0 Å². The van der Waals surface area contributed by atoms with Crippen molar-refractivity contribution < 1.29 is 19.8 Å². The molecule has 2 fully saturated rings. The van der Waals surface area contributed by atoms with Crippen LogP contribution < -0.4 is 0 Å². The maximum absolute atomic E-state index is 14.2. The van der Waals surface area contributed by atoms with Crippen LogP contribution in [0, 0.1) is 11.3 Å². The maximum Gasteiger partial charge on any atom is 0.304 e. The molecule has 7 heteroatoms. The number of carbonyl (C=O) groups excluding carboxylic acids is 1. The molecule has 2 aliphatic rings. The second-order valence-electron chi connectivity index (χ2n) is 10.0. The van der Waals surface area contributed by atoms with E-state index in [1.54, 1.807) is 13.0 Å². The molecule has 2 aromatic carbocycles. The summed E-state index contributed by atoms with van der Waals surface area (Å²) in [4.78, 5) is 27.9. The van der Waals surface area contributed by atoms with E-state index in [0.717, 1.165) is 24.0 Å². The number of likely N-dealkylation sites (tertiary alicyclic amines) is 1. The first kappa shape index (κ1) is 25.0. The highest BCUT2D eigenvalue weighted by Crippen LogP contribution is 2.54. The molecule has 1 heterocycles. The third-order valence-electron chi connectivity index (χ3n) is 7.37. The summed E-state index contributed by atoms with van der Waals surface area (Å²) in [6, 6.07) is 14.3. The Balaban J connectivity index is 1.92. The van der Waals surface area contributed by atoms with Gasteiger partial charge < -0.3 is 15.1 Å². The Hall–Kier alpha value is -2.08. The van der Waals surface area contributed by atoms with Gasteiger partial charge in [0.1, 0.15) is 0 Å². The van der Waals surface area contributed by atoms with E-state index < -0.39 is 17.5 Å². The number of nitrogens with zero attached hydrogens (tertiary/aromatic N) is 1. The fraction of sp³-hybridized carbons (Fsp3) is 0.481. The number of hydrogen-bond acceptors (Lipinski definition) is 3. The minimum atomic E-state index is -1.11. The van der Waals surface area contributed by atoms with E-state index >= 15 is 0 Å². The van der Waals surface area contributed by atoms with Gasteiger partial charge in [0, 0.05) is 16.0 Å². The topological polar surface area (TPSA) is 77.8 Å². The second-order valence-corrected chi connectivity index (χ2v) is 10.9. The van der Waals surface area contributed by atoms with E-state index in [9.17, 15) is 19.8 Å². The molecule has 5 nitrogen and oxygen atoms in total. The molecule has 0 spiro atoms. The minimum absolute atomic E-state index is 0.195. The minimum Gasteiger partial charge on any atom is -0.481 e. The van der Waals surface area contributed by atoms with Gasteiger partial charge in [-0.1, -0.05) is 61.3 Å². The molecular weight excluding hydrogens is 473 g/mol. The monoisotopic (exact) mass is 503 g/mol. The molecule has 0 unspecified atom stereocenters. The zero-order valence-corrected chi connectivity index (χ0v) is 21.0. The average Bonchev–Trinajstić information content (AvgIpc) is 3.62. The van der Waals surface area contributed by atoms with Crippen LogP contribution >= 0.6 is 23.2 Å². The summed E-state index contributed by atoms with van der Waals surface area (Å²) in [5.41, 5.74) is 0.749. The third-order valence-corrected chi connectivity index (χ3v) is 7.86. The molecule has 0 radical (unpaired) electrons. The molecule has 0 aromatic heterocycles. The van der Waals surface area contributed by atoms with Gasteiger partial charge in [-0.05, 0) is 67.0 Å². The quantitative estimate of drug-likeness (QED) is 0.457. The predicted molar refractivity (Wildman–Crippen MR) is 133 cm³/mol. The normalized spacial score (nSPS) is 26.9. The van der Waals surface area contributed by atoms with Gasteiger partial charge in [0.2, 0.25) is 5.91 Å². The second kappa shape index (κ2) is 9.88. The third kappa shape index (κ3) is 4.98. The van der Waals surface area contributed by atoms with E-state index in [4.69, 9.17) is 23.2 Å². The van der Waals surface area contributed by atoms with Gasteiger partial charge in [-0.3, -0.25) is 9.59 Å². The lowest BCUT2D eigenvalue weighted by molar-refractivity contribution is -0.164. The standard InChI is InChI=1S/C27H31Cl2NO4/c1-3-22(31)25(17-7-8-17)30-24(16-9-11-19(28)12-10-16)21(18-5-4-6-20(29)13-18)14-27(2,26(30)34)15-23(32)33/h4-6,9-13,17,21-22,24-25,31H,3,7-8,14-15H2,1-2H3,(H,32,33)/t21-,22-,24-,25+,27-/m1/s1. The van der Waals surface area contributed by atoms with Crippen LogP contribution in [0.1, 0.15) is 69.0 Å². The number of carboxylic acids is 1. The summed E-state index contributed by atoms with van der Waals surface area (Å²) >= 11 is 12.5. The lowest BCUT2D eigenvalue weighted by Gasteiger charge is -2.53.